The molecule has 0 saturated carbocycles. The molecule has 1 aliphatic heterocycles. The second-order valence-electron chi connectivity index (χ2n) is 21.9. The van der Waals surface area contributed by atoms with Gasteiger partial charge in [0.2, 0.25) is 7.28 Å². The highest BCUT2D eigenvalue weighted by Gasteiger charge is 2.41. The summed E-state index contributed by atoms with van der Waals surface area (Å²) in [7, 11) is 0.886. The van der Waals surface area contributed by atoms with Crippen LogP contribution in [0.3, 0.4) is 0 Å². The molecule has 0 spiro atoms. The van der Waals surface area contributed by atoms with Crippen LogP contribution in [-0.4, -0.2) is 12.3 Å². The molecule has 0 saturated heterocycles. The summed E-state index contributed by atoms with van der Waals surface area (Å²) in [6, 6.07) is 45.0. The average molecular weight is 853 g/mol. The second-order valence-corrected chi connectivity index (χ2v) is 24.1. The maximum atomic E-state index is 4.02. The van der Waals surface area contributed by atoms with Gasteiger partial charge in [0.25, 0.3) is 0 Å². The van der Waals surface area contributed by atoms with Gasteiger partial charge in [-0.25, -0.2) is 0 Å². The van der Waals surface area contributed by atoms with Gasteiger partial charge >= 0.3 is 0 Å². The molecular weight excluding hydrogens is 800 g/mol. The van der Waals surface area contributed by atoms with Gasteiger partial charge < -0.3 is 9.88 Å². The molecule has 0 bridgehead atoms. The van der Waals surface area contributed by atoms with Gasteiger partial charge in [0.1, 0.15) is 0 Å². The van der Waals surface area contributed by atoms with Gasteiger partial charge in [-0.15, -0.1) is 22.7 Å². The summed E-state index contributed by atoms with van der Waals surface area (Å²) in [5, 5.41) is 9.23. The van der Waals surface area contributed by atoms with E-state index in [-0.39, 0.29) is 21.7 Å². The van der Waals surface area contributed by atoms with Crippen molar-refractivity contribution in [3.63, 3.8) is 0 Å². The van der Waals surface area contributed by atoms with Crippen molar-refractivity contribution in [2.75, 3.05) is 4.90 Å². The maximum absolute atomic E-state index is 4.02. The molecule has 2 nitrogen and oxygen atoms in total. The molecule has 0 radical (unpaired) electrons. The van der Waals surface area contributed by atoms with Crippen LogP contribution in [0.2, 0.25) is 0 Å². The number of H-pyrrole nitrogens is 1. The van der Waals surface area contributed by atoms with Crippen LogP contribution in [0.4, 0.5) is 17.1 Å². The van der Waals surface area contributed by atoms with Gasteiger partial charge in [-0.3, -0.25) is 0 Å². The molecule has 0 unspecified atom stereocenters. The molecule has 0 atom stereocenters. The Bertz CT molecular complexity index is 3630. The summed E-state index contributed by atoms with van der Waals surface area (Å²) >= 11 is 3.99. The van der Waals surface area contributed by atoms with Gasteiger partial charge in [-0.2, -0.15) is 0 Å². The summed E-state index contributed by atoms with van der Waals surface area (Å²) in [6.07, 6.45) is 4.81. The van der Waals surface area contributed by atoms with Gasteiger partial charge in [0, 0.05) is 63.5 Å². The number of rotatable bonds is 2. The van der Waals surface area contributed by atoms with E-state index in [4.69, 9.17) is 0 Å². The van der Waals surface area contributed by atoms with Crippen LogP contribution in [-0.2, 0) is 21.7 Å². The van der Waals surface area contributed by atoms with E-state index in [1.807, 2.05) is 22.7 Å². The molecule has 7 aromatic carbocycles. The topological polar surface area (TPSA) is 19.0 Å². The lowest BCUT2D eigenvalue weighted by molar-refractivity contribution is 0.332. The highest BCUT2D eigenvalue weighted by atomic mass is 32.1. The van der Waals surface area contributed by atoms with E-state index in [1.54, 1.807) is 0 Å². The van der Waals surface area contributed by atoms with E-state index in [0.717, 1.165) is 7.28 Å². The molecule has 1 N–H and O–H groups in total. The van der Waals surface area contributed by atoms with Crippen molar-refractivity contribution in [3.05, 3.63) is 138 Å². The summed E-state index contributed by atoms with van der Waals surface area (Å²) in [5.74, 6) is 0. The summed E-state index contributed by atoms with van der Waals surface area (Å²) in [4.78, 5) is 6.75. The third-order valence-corrected chi connectivity index (χ3v) is 18.4. The Morgan fingerprint density at radius 3 is 1.94 bits per heavy atom. The number of aromatic nitrogens is 1. The Morgan fingerprint density at radius 1 is 0.524 bits per heavy atom. The van der Waals surface area contributed by atoms with Crippen molar-refractivity contribution >= 4 is 120 Å². The standard InChI is InChI=1S/C58H53BN2S2/c1-55(2)22-23-56(3,4)41-28-34(20-21-40(41)55)61-45-31-48-49(36-16-11-12-19-46(36)62-48)50(37-18-13-17-35-38-26-32-14-9-10-15-33(32)27-44(38)60-52(35)37)51(45)59-54-53(61)39-29-42-43(30-47(39)63-54)58(7,8)25-24-57(42,5)6/h9-21,26-31,59-60H,22-25H2,1-8H3. The normalized spacial score (nSPS) is 18.2. The third-order valence-electron chi connectivity index (χ3n) is 16.1. The second kappa shape index (κ2) is 12.7. The van der Waals surface area contributed by atoms with Gasteiger partial charge in [-0.1, -0.05) is 122 Å². The van der Waals surface area contributed by atoms with Crippen LogP contribution in [0.15, 0.2) is 115 Å². The van der Waals surface area contributed by atoms with Crippen LogP contribution >= 0.6 is 22.7 Å². The van der Waals surface area contributed by atoms with E-state index in [1.165, 1.54) is 149 Å². The first-order valence-electron chi connectivity index (χ1n) is 23.1. The monoisotopic (exact) mass is 852 g/mol. The number of hydrogen-bond acceptors (Lipinski definition) is 3. The van der Waals surface area contributed by atoms with E-state index in [9.17, 15) is 0 Å². The van der Waals surface area contributed by atoms with Gasteiger partial charge in [-0.05, 0) is 145 Å². The Balaban J connectivity index is 1.16. The quantitative estimate of drug-likeness (QED) is 0.172. The number of aromatic amines is 1. The third kappa shape index (κ3) is 5.36. The predicted molar refractivity (Wildman–Crippen MR) is 279 cm³/mol. The van der Waals surface area contributed by atoms with Crippen molar-refractivity contribution in [3.8, 4) is 11.1 Å². The van der Waals surface area contributed by atoms with Crippen molar-refractivity contribution in [2.45, 2.75) is 103 Å². The van der Waals surface area contributed by atoms with E-state index < -0.39 is 0 Å². The zero-order valence-electron chi connectivity index (χ0n) is 37.8. The zero-order chi connectivity index (χ0) is 42.9. The molecule has 0 amide bonds. The average Bonchev–Trinajstić information content (AvgIpc) is 3.94. The Kier molecular flexibility index (Phi) is 7.67. The lowest BCUT2D eigenvalue weighted by Crippen LogP contribution is -2.39. The van der Waals surface area contributed by atoms with Crippen LogP contribution in [0, 0.1) is 0 Å². The molecule has 3 aromatic heterocycles. The number of nitrogens with zero attached hydrogens (tertiary/aromatic N) is 1. The molecular formula is C58H53BN2S2. The van der Waals surface area contributed by atoms with Crippen molar-refractivity contribution in [1.82, 2.24) is 4.98 Å². The molecule has 310 valence electrons. The van der Waals surface area contributed by atoms with Crippen LogP contribution in [0.5, 0.6) is 0 Å². The molecule has 13 rings (SSSR count). The minimum atomic E-state index is 0.0877. The van der Waals surface area contributed by atoms with Crippen molar-refractivity contribution < 1.29 is 0 Å². The van der Waals surface area contributed by atoms with E-state index in [2.05, 4.69) is 181 Å². The lowest BCUT2D eigenvalue weighted by Gasteiger charge is -2.43. The van der Waals surface area contributed by atoms with Gasteiger partial charge in [0.15, 0.2) is 0 Å². The summed E-state index contributed by atoms with van der Waals surface area (Å²) < 4.78 is 5.56. The molecule has 5 heteroatoms. The zero-order valence-corrected chi connectivity index (χ0v) is 39.4. The molecule has 3 aliphatic rings. The fraction of sp³-hybridized carbons (Fsp3) is 0.276. The largest absolute Gasteiger partial charge is 0.354 e. The van der Waals surface area contributed by atoms with E-state index >= 15 is 0 Å². The van der Waals surface area contributed by atoms with Crippen LogP contribution in [0.1, 0.15) is 103 Å². The summed E-state index contributed by atoms with van der Waals surface area (Å²) in [5.41, 5.74) is 17.0. The molecule has 4 heterocycles. The number of para-hydroxylation sites is 1. The first-order chi connectivity index (χ1) is 30.2. The number of hydrogen-bond donors (Lipinski definition) is 1. The van der Waals surface area contributed by atoms with E-state index in [0.29, 0.717) is 0 Å². The number of benzene rings is 7. The Labute approximate surface area is 379 Å². The first-order valence-corrected chi connectivity index (χ1v) is 24.8. The number of fused-ring (bicyclic) bond motifs is 13. The number of thiophene rings is 2. The first kappa shape index (κ1) is 38.1. The Hall–Kier alpha value is -5.36. The summed E-state index contributed by atoms with van der Waals surface area (Å²) in [6.45, 7) is 19.7. The maximum Gasteiger partial charge on any atom is 0.211 e. The fourth-order valence-corrected chi connectivity index (χ4v) is 14.6. The SMILES string of the molecule is CC1(C)CCC(C)(C)c2cc(N3c4cc5sc6ccccc6c5c(-c5cccc6c5[nH]c5cc7ccccc7cc56)c4Bc4sc5cc6c(cc5c43)C(C)(C)CCC6(C)C)ccc21. The smallest absolute Gasteiger partial charge is 0.211 e. The number of nitrogens with one attached hydrogen (secondary N) is 1. The van der Waals surface area contributed by atoms with Crippen LogP contribution in [0.25, 0.3) is 74.0 Å². The van der Waals surface area contributed by atoms with Crippen molar-refractivity contribution in [1.29, 1.82) is 0 Å². The lowest BCUT2D eigenvalue weighted by atomic mass is 9.61. The van der Waals surface area contributed by atoms with Crippen LogP contribution < -0.4 is 15.1 Å². The molecule has 2 aliphatic carbocycles. The Morgan fingerprint density at radius 2 is 1.17 bits per heavy atom. The minimum absolute atomic E-state index is 0.0877. The highest BCUT2D eigenvalue weighted by molar-refractivity contribution is 7.29. The van der Waals surface area contributed by atoms with Gasteiger partial charge in [0.05, 0.1) is 11.2 Å². The highest BCUT2D eigenvalue weighted by Crippen LogP contribution is 2.54. The molecule has 0 fully saturated rings. The fourth-order valence-electron chi connectivity index (χ4n) is 12.2. The van der Waals surface area contributed by atoms with Crippen molar-refractivity contribution in [2.24, 2.45) is 0 Å². The minimum Gasteiger partial charge on any atom is -0.354 e. The number of anilines is 3. The molecule has 63 heavy (non-hydrogen) atoms. The predicted octanol–water partition coefficient (Wildman–Crippen LogP) is 15.6. The molecule has 10 aromatic rings.